The molecule has 0 bridgehead atoms. The highest BCUT2D eigenvalue weighted by Gasteiger charge is 2.11. The molecule has 4 heteroatoms. The summed E-state index contributed by atoms with van der Waals surface area (Å²) < 4.78 is 19.1. The van der Waals surface area contributed by atoms with Crippen LogP contribution in [0.5, 0.6) is 5.75 Å². The minimum absolute atomic E-state index is 0.177. The smallest absolute Gasteiger partial charge is 0.129 e. The number of hydrogen-bond donors (Lipinski definition) is 1. The molecule has 3 nitrogen and oxygen atoms in total. The van der Waals surface area contributed by atoms with Crippen molar-refractivity contribution in [2.24, 2.45) is 0 Å². The van der Waals surface area contributed by atoms with Crippen molar-refractivity contribution in [1.29, 1.82) is 0 Å². The fraction of sp³-hybridized carbons (Fsp3) is 0.294. The quantitative estimate of drug-likeness (QED) is 0.883. The van der Waals surface area contributed by atoms with Crippen LogP contribution in [0.4, 0.5) is 10.1 Å². The molecule has 2 aromatic rings. The number of hydrogen-bond acceptors (Lipinski definition) is 3. The van der Waals surface area contributed by atoms with Crippen LogP contribution in [0.2, 0.25) is 0 Å². The number of ether oxygens (including phenoxy) is 1. The van der Waals surface area contributed by atoms with E-state index in [1.807, 2.05) is 44.4 Å². The van der Waals surface area contributed by atoms with Crippen LogP contribution in [0, 0.1) is 5.82 Å². The second-order valence-corrected chi connectivity index (χ2v) is 4.97. The van der Waals surface area contributed by atoms with E-state index in [0.29, 0.717) is 18.7 Å². The number of halogens is 1. The van der Waals surface area contributed by atoms with E-state index in [1.54, 1.807) is 13.2 Å². The Kier molecular flexibility index (Phi) is 5.17. The SMILES string of the molecule is CNCc1c(F)cccc1N(C)Cc1ccc(OC)cc1. The molecule has 0 aliphatic rings. The van der Waals surface area contributed by atoms with Gasteiger partial charge in [-0.05, 0) is 36.9 Å². The largest absolute Gasteiger partial charge is 0.497 e. The van der Waals surface area contributed by atoms with Crippen LogP contribution >= 0.6 is 0 Å². The second kappa shape index (κ2) is 7.09. The van der Waals surface area contributed by atoms with E-state index in [-0.39, 0.29) is 5.82 Å². The first-order valence-electron chi connectivity index (χ1n) is 6.91. The third kappa shape index (κ3) is 3.73. The second-order valence-electron chi connectivity index (χ2n) is 4.97. The molecule has 0 atom stereocenters. The molecular formula is C17H21FN2O. The summed E-state index contributed by atoms with van der Waals surface area (Å²) >= 11 is 0. The van der Waals surface area contributed by atoms with Gasteiger partial charge in [0.05, 0.1) is 7.11 Å². The van der Waals surface area contributed by atoms with Crippen molar-refractivity contribution >= 4 is 5.69 Å². The van der Waals surface area contributed by atoms with Crippen LogP contribution in [0.25, 0.3) is 0 Å². The first-order chi connectivity index (χ1) is 10.2. The van der Waals surface area contributed by atoms with E-state index in [4.69, 9.17) is 4.74 Å². The first kappa shape index (κ1) is 15.3. The van der Waals surface area contributed by atoms with Crippen LogP contribution in [0.3, 0.4) is 0 Å². The Bertz CT molecular complexity index is 584. The highest BCUT2D eigenvalue weighted by atomic mass is 19.1. The third-order valence-electron chi connectivity index (χ3n) is 3.44. The van der Waals surface area contributed by atoms with Crippen molar-refractivity contribution < 1.29 is 9.13 Å². The van der Waals surface area contributed by atoms with Crippen LogP contribution in [0.15, 0.2) is 42.5 Å². The van der Waals surface area contributed by atoms with Crippen LogP contribution < -0.4 is 15.0 Å². The van der Waals surface area contributed by atoms with Gasteiger partial charge in [0.1, 0.15) is 11.6 Å². The number of anilines is 1. The highest BCUT2D eigenvalue weighted by Crippen LogP contribution is 2.24. The zero-order chi connectivity index (χ0) is 15.2. The van der Waals surface area contributed by atoms with Crippen LogP contribution in [0.1, 0.15) is 11.1 Å². The van der Waals surface area contributed by atoms with Crippen molar-refractivity contribution in [1.82, 2.24) is 5.32 Å². The molecular weight excluding hydrogens is 267 g/mol. The number of nitrogens with one attached hydrogen (secondary N) is 1. The maximum Gasteiger partial charge on any atom is 0.129 e. The Morgan fingerprint density at radius 3 is 2.48 bits per heavy atom. The average Bonchev–Trinajstić information content (AvgIpc) is 2.50. The molecule has 1 N–H and O–H groups in total. The van der Waals surface area contributed by atoms with Gasteiger partial charge in [0.25, 0.3) is 0 Å². The van der Waals surface area contributed by atoms with E-state index in [1.165, 1.54) is 6.07 Å². The average molecular weight is 288 g/mol. The number of benzene rings is 2. The molecule has 0 aliphatic heterocycles. The number of methoxy groups -OCH3 is 1. The van der Waals surface area contributed by atoms with Crippen molar-refractivity contribution in [2.45, 2.75) is 13.1 Å². The van der Waals surface area contributed by atoms with Gasteiger partial charge in [-0.2, -0.15) is 0 Å². The fourth-order valence-corrected chi connectivity index (χ4v) is 2.35. The molecule has 0 radical (unpaired) electrons. The summed E-state index contributed by atoms with van der Waals surface area (Å²) in [5.74, 6) is 0.659. The molecule has 0 unspecified atom stereocenters. The van der Waals surface area contributed by atoms with Gasteiger partial charge in [0.2, 0.25) is 0 Å². The van der Waals surface area contributed by atoms with Gasteiger partial charge in [-0.3, -0.25) is 0 Å². The van der Waals surface area contributed by atoms with Gasteiger partial charge in [0.15, 0.2) is 0 Å². The van der Waals surface area contributed by atoms with E-state index < -0.39 is 0 Å². The lowest BCUT2D eigenvalue weighted by Crippen LogP contribution is -2.20. The standard InChI is InChI=1S/C17H21FN2O/c1-19-11-15-16(18)5-4-6-17(15)20(2)12-13-7-9-14(21-3)10-8-13/h4-10,19H,11-12H2,1-3H3. The van der Waals surface area contributed by atoms with Gasteiger partial charge in [0, 0.05) is 31.4 Å². The Morgan fingerprint density at radius 2 is 1.86 bits per heavy atom. The molecule has 2 rings (SSSR count). The van der Waals surface area contributed by atoms with E-state index in [9.17, 15) is 4.39 Å². The first-order valence-corrected chi connectivity index (χ1v) is 6.91. The zero-order valence-electron chi connectivity index (χ0n) is 12.7. The summed E-state index contributed by atoms with van der Waals surface area (Å²) in [6, 6.07) is 13.1. The monoisotopic (exact) mass is 288 g/mol. The van der Waals surface area contributed by atoms with Crippen molar-refractivity contribution in [3.63, 3.8) is 0 Å². The summed E-state index contributed by atoms with van der Waals surface area (Å²) in [7, 11) is 5.44. The lowest BCUT2D eigenvalue weighted by molar-refractivity contribution is 0.414. The van der Waals surface area contributed by atoms with Crippen molar-refractivity contribution in [2.75, 3.05) is 26.1 Å². The van der Waals surface area contributed by atoms with Gasteiger partial charge < -0.3 is 15.0 Å². The molecule has 0 spiro atoms. The zero-order valence-corrected chi connectivity index (χ0v) is 12.7. The van der Waals surface area contributed by atoms with Crippen molar-refractivity contribution in [3.8, 4) is 5.75 Å². The Labute approximate surface area is 125 Å². The molecule has 112 valence electrons. The predicted octanol–water partition coefficient (Wildman–Crippen LogP) is 3.19. The molecule has 0 aliphatic carbocycles. The van der Waals surface area contributed by atoms with E-state index in [0.717, 1.165) is 17.0 Å². The maximum atomic E-state index is 14.0. The molecule has 0 aromatic heterocycles. The summed E-state index contributed by atoms with van der Waals surface area (Å²) in [4.78, 5) is 2.05. The Balaban J connectivity index is 2.19. The van der Waals surface area contributed by atoms with Gasteiger partial charge >= 0.3 is 0 Å². The molecule has 0 heterocycles. The third-order valence-corrected chi connectivity index (χ3v) is 3.44. The fourth-order valence-electron chi connectivity index (χ4n) is 2.35. The predicted molar refractivity (Wildman–Crippen MR) is 84.3 cm³/mol. The van der Waals surface area contributed by atoms with E-state index >= 15 is 0 Å². The van der Waals surface area contributed by atoms with Gasteiger partial charge in [-0.25, -0.2) is 4.39 Å². The lowest BCUT2D eigenvalue weighted by atomic mass is 10.1. The van der Waals surface area contributed by atoms with E-state index in [2.05, 4.69) is 10.2 Å². The molecule has 2 aromatic carbocycles. The molecule has 0 saturated carbocycles. The van der Waals surface area contributed by atoms with Crippen LogP contribution in [-0.4, -0.2) is 21.2 Å². The Morgan fingerprint density at radius 1 is 1.14 bits per heavy atom. The lowest BCUT2D eigenvalue weighted by Gasteiger charge is -2.23. The summed E-state index contributed by atoms with van der Waals surface area (Å²) in [5, 5.41) is 3.02. The minimum Gasteiger partial charge on any atom is -0.497 e. The topological polar surface area (TPSA) is 24.5 Å². The Hall–Kier alpha value is -2.07. The normalized spacial score (nSPS) is 10.5. The maximum absolute atomic E-state index is 14.0. The number of rotatable bonds is 6. The van der Waals surface area contributed by atoms with Crippen LogP contribution in [-0.2, 0) is 13.1 Å². The summed E-state index contributed by atoms with van der Waals surface area (Å²) in [6.45, 7) is 1.22. The molecule has 21 heavy (non-hydrogen) atoms. The molecule has 0 amide bonds. The van der Waals surface area contributed by atoms with Gasteiger partial charge in [-0.15, -0.1) is 0 Å². The molecule has 0 fully saturated rings. The summed E-state index contributed by atoms with van der Waals surface area (Å²) in [6.07, 6.45) is 0. The summed E-state index contributed by atoms with van der Waals surface area (Å²) in [5.41, 5.74) is 2.74. The molecule has 0 saturated heterocycles. The minimum atomic E-state index is -0.177. The van der Waals surface area contributed by atoms with Gasteiger partial charge in [-0.1, -0.05) is 18.2 Å². The highest BCUT2D eigenvalue weighted by molar-refractivity contribution is 5.54. The van der Waals surface area contributed by atoms with Crippen molar-refractivity contribution in [3.05, 3.63) is 59.4 Å². The number of nitrogens with zero attached hydrogens (tertiary/aromatic N) is 1.